The summed E-state index contributed by atoms with van der Waals surface area (Å²) in [4.78, 5) is 12.5. The van der Waals surface area contributed by atoms with E-state index in [1.54, 1.807) is 24.3 Å². The molecule has 4 rings (SSSR count). The normalized spacial score (nSPS) is 13.6. The van der Waals surface area contributed by atoms with Crippen LogP contribution in [0.1, 0.15) is 28.4 Å². The molecule has 0 amide bonds. The number of hydrogen-bond donors (Lipinski definition) is 0. The summed E-state index contributed by atoms with van der Waals surface area (Å²) in [5, 5.41) is 0. The van der Waals surface area contributed by atoms with Crippen molar-refractivity contribution in [3.63, 3.8) is 0 Å². The van der Waals surface area contributed by atoms with E-state index in [-0.39, 0.29) is 22.8 Å². The molecule has 1 aliphatic rings. The van der Waals surface area contributed by atoms with Gasteiger partial charge in [0, 0.05) is 23.8 Å². The highest BCUT2D eigenvalue weighted by molar-refractivity contribution is 6.14. The number of carbonyl (C=O) groups is 1. The van der Waals surface area contributed by atoms with Crippen LogP contribution in [0.5, 0.6) is 11.5 Å². The fourth-order valence-electron chi connectivity index (χ4n) is 3.04. The van der Waals surface area contributed by atoms with E-state index < -0.39 is 0 Å². The first-order chi connectivity index (χ1) is 13.2. The molecule has 0 atom stereocenters. The highest BCUT2D eigenvalue weighted by atomic mass is 79.9. The number of nitrogens with zero attached hydrogens (tertiary/aromatic N) is 1. The molecule has 0 aliphatic carbocycles. The fraction of sp³-hybridized carbons (Fsp3) is 0.130. The standard InChI is InChI=1S/C23H20NO3.BrH/c1-2-26-19-8-9-20-21(15-19)27-22(23(20)25)14-17-10-12-24(13-11-17)16-18-6-4-3-5-7-18;/h3-15H,2,16H2,1H3;1H/q+1;/p-1/b22-14-;. The number of ketones is 1. The van der Waals surface area contributed by atoms with Gasteiger partial charge in [0.25, 0.3) is 0 Å². The number of fused-ring (bicyclic) bond motifs is 1. The molecule has 0 radical (unpaired) electrons. The molecule has 5 heteroatoms. The molecule has 0 saturated heterocycles. The van der Waals surface area contributed by atoms with Crippen molar-refractivity contribution in [2.24, 2.45) is 0 Å². The second kappa shape index (κ2) is 8.85. The third-order valence-corrected chi connectivity index (χ3v) is 4.38. The third-order valence-electron chi connectivity index (χ3n) is 4.38. The molecule has 28 heavy (non-hydrogen) atoms. The lowest BCUT2D eigenvalue weighted by Crippen LogP contribution is -3.00. The summed E-state index contributed by atoms with van der Waals surface area (Å²) in [6.45, 7) is 3.30. The molecule has 142 valence electrons. The Morgan fingerprint density at radius 3 is 2.50 bits per heavy atom. The summed E-state index contributed by atoms with van der Waals surface area (Å²) in [6.07, 6.45) is 5.77. The molecule has 0 fully saturated rings. The van der Waals surface area contributed by atoms with Gasteiger partial charge in [-0.15, -0.1) is 0 Å². The molecule has 0 bridgehead atoms. The smallest absolute Gasteiger partial charge is 0.231 e. The Balaban J connectivity index is 0.00000225. The molecular formula is C23H20BrNO3. The van der Waals surface area contributed by atoms with Gasteiger partial charge in [0.1, 0.15) is 11.5 Å². The summed E-state index contributed by atoms with van der Waals surface area (Å²) in [7, 11) is 0. The zero-order chi connectivity index (χ0) is 18.6. The maximum Gasteiger partial charge on any atom is 0.231 e. The predicted octanol–water partition coefficient (Wildman–Crippen LogP) is 1.04. The van der Waals surface area contributed by atoms with Crippen LogP contribution in [-0.4, -0.2) is 12.4 Å². The molecule has 4 nitrogen and oxygen atoms in total. The minimum Gasteiger partial charge on any atom is -1.00 e. The number of halogens is 1. The van der Waals surface area contributed by atoms with Crippen LogP contribution in [-0.2, 0) is 6.54 Å². The van der Waals surface area contributed by atoms with Crippen molar-refractivity contribution < 1.29 is 35.8 Å². The van der Waals surface area contributed by atoms with Crippen molar-refractivity contribution in [3.8, 4) is 11.5 Å². The molecule has 0 unspecified atom stereocenters. The van der Waals surface area contributed by atoms with Gasteiger partial charge >= 0.3 is 0 Å². The van der Waals surface area contributed by atoms with E-state index in [2.05, 4.69) is 16.7 Å². The number of hydrogen-bond acceptors (Lipinski definition) is 3. The Labute approximate surface area is 174 Å². The summed E-state index contributed by atoms with van der Waals surface area (Å²) >= 11 is 0. The Morgan fingerprint density at radius 2 is 1.79 bits per heavy atom. The van der Waals surface area contributed by atoms with Crippen molar-refractivity contribution in [2.75, 3.05) is 6.61 Å². The van der Waals surface area contributed by atoms with Gasteiger partial charge in [-0.1, -0.05) is 30.3 Å². The van der Waals surface area contributed by atoms with E-state index in [0.29, 0.717) is 29.4 Å². The lowest BCUT2D eigenvalue weighted by atomic mass is 10.1. The van der Waals surface area contributed by atoms with Gasteiger partial charge in [0.15, 0.2) is 24.7 Å². The molecule has 2 aromatic carbocycles. The van der Waals surface area contributed by atoms with Crippen LogP contribution < -0.4 is 31.0 Å². The Bertz CT molecular complexity index is 998. The second-order valence-corrected chi connectivity index (χ2v) is 6.32. The highest BCUT2D eigenvalue weighted by Crippen LogP contribution is 2.34. The quantitative estimate of drug-likeness (QED) is 0.442. The number of pyridine rings is 1. The number of carbonyl (C=O) groups excluding carboxylic acids is 1. The summed E-state index contributed by atoms with van der Waals surface area (Å²) in [6, 6.07) is 19.5. The molecular weight excluding hydrogens is 418 g/mol. The molecule has 1 aromatic heterocycles. The van der Waals surface area contributed by atoms with E-state index in [0.717, 1.165) is 12.1 Å². The number of allylic oxidation sites excluding steroid dienone is 1. The van der Waals surface area contributed by atoms with Crippen LogP contribution in [0.15, 0.2) is 78.8 Å². The van der Waals surface area contributed by atoms with Gasteiger partial charge in [-0.05, 0) is 30.7 Å². The van der Waals surface area contributed by atoms with E-state index in [9.17, 15) is 4.79 Å². The zero-order valence-corrected chi connectivity index (χ0v) is 17.1. The van der Waals surface area contributed by atoms with Crippen LogP contribution in [0.25, 0.3) is 6.08 Å². The van der Waals surface area contributed by atoms with E-state index in [1.165, 1.54) is 5.56 Å². The topological polar surface area (TPSA) is 39.4 Å². The number of ether oxygens (including phenoxy) is 2. The first-order valence-electron chi connectivity index (χ1n) is 8.97. The average molecular weight is 438 g/mol. The molecule has 2 heterocycles. The Hall–Kier alpha value is -2.92. The minimum atomic E-state index is -0.103. The molecule has 0 saturated carbocycles. The predicted molar refractivity (Wildman–Crippen MR) is 103 cm³/mol. The summed E-state index contributed by atoms with van der Waals surface area (Å²) < 4.78 is 13.3. The van der Waals surface area contributed by atoms with Crippen LogP contribution in [0.2, 0.25) is 0 Å². The van der Waals surface area contributed by atoms with Crippen molar-refractivity contribution in [2.45, 2.75) is 13.5 Å². The first-order valence-corrected chi connectivity index (χ1v) is 8.97. The molecule has 3 aromatic rings. The van der Waals surface area contributed by atoms with Gasteiger partial charge in [-0.3, -0.25) is 4.79 Å². The lowest BCUT2D eigenvalue weighted by molar-refractivity contribution is -0.688. The molecule has 0 spiro atoms. The molecule has 1 aliphatic heterocycles. The highest BCUT2D eigenvalue weighted by Gasteiger charge is 2.27. The minimum absolute atomic E-state index is 0. The van der Waals surface area contributed by atoms with Crippen LogP contribution in [0, 0.1) is 0 Å². The number of rotatable bonds is 5. The van der Waals surface area contributed by atoms with Crippen molar-refractivity contribution in [1.82, 2.24) is 0 Å². The number of benzene rings is 2. The fourth-order valence-corrected chi connectivity index (χ4v) is 3.04. The first kappa shape index (κ1) is 19.8. The summed E-state index contributed by atoms with van der Waals surface area (Å²) in [5.41, 5.74) is 2.73. The molecule has 0 N–H and O–H groups in total. The van der Waals surface area contributed by atoms with Gasteiger partial charge in [0.2, 0.25) is 5.78 Å². The average Bonchev–Trinajstić information content (AvgIpc) is 2.99. The Kier molecular flexibility index (Phi) is 6.26. The van der Waals surface area contributed by atoms with Crippen molar-refractivity contribution >= 4 is 11.9 Å². The number of aromatic nitrogens is 1. The van der Waals surface area contributed by atoms with Crippen molar-refractivity contribution in [3.05, 3.63) is 95.5 Å². The third kappa shape index (κ3) is 4.31. The SMILES string of the molecule is CCOc1ccc2c(c1)O/C(=C\c1cc[n+](Cc3ccccc3)cc1)C2=O.[Br-]. The van der Waals surface area contributed by atoms with Gasteiger partial charge in [-0.25, -0.2) is 4.57 Å². The number of Topliss-reactive ketones (excluding diaryl/α,β-unsaturated/α-hetero) is 1. The summed E-state index contributed by atoms with van der Waals surface area (Å²) in [5.74, 6) is 1.48. The van der Waals surface area contributed by atoms with Crippen molar-refractivity contribution in [1.29, 1.82) is 0 Å². The van der Waals surface area contributed by atoms with Crippen LogP contribution in [0.4, 0.5) is 0 Å². The second-order valence-electron chi connectivity index (χ2n) is 6.32. The van der Waals surface area contributed by atoms with Gasteiger partial charge < -0.3 is 26.5 Å². The van der Waals surface area contributed by atoms with Crippen LogP contribution >= 0.6 is 0 Å². The van der Waals surface area contributed by atoms with Gasteiger partial charge in [-0.2, -0.15) is 0 Å². The zero-order valence-electron chi connectivity index (χ0n) is 15.5. The lowest BCUT2D eigenvalue weighted by Gasteiger charge is -2.03. The maximum absolute atomic E-state index is 12.5. The maximum atomic E-state index is 12.5. The van der Waals surface area contributed by atoms with E-state index in [4.69, 9.17) is 9.47 Å². The Morgan fingerprint density at radius 1 is 1.04 bits per heavy atom. The van der Waals surface area contributed by atoms with Gasteiger partial charge in [0.05, 0.1) is 12.2 Å². The van der Waals surface area contributed by atoms with E-state index in [1.807, 2.05) is 49.6 Å². The van der Waals surface area contributed by atoms with E-state index >= 15 is 0 Å². The van der Waals surface area contributed by atoms with Crippen LogP contribution in [0.3, 0.4) is 0 Å². The monoisotopic (exact) mass is 437 g/mol. The largest absolute Gasteiger partial charge is 1.00 e.